The number of allylic oxidation sites excluding steroid dienone is 12. The van der Waals surface area contributed by atoms with Gasteiger partial charge in [-0.25, -0.2) is 0 Å². The molecule has 3 atom stereocenters. The second kappa shape index (κ2) is 18.6. The van der Waals surface area contributed by atoms with E-state index >= 15 is 0 Å². The van der Waals surface area contributed by atoms with Crippen LogP contribution in [0.15, 0.2) is 114 Å². The van der Waals surface area contributed by atoms with Gasteiger partial charge in [-0.05, 0) is 89.1 Å². The normalized spacial score (nSPS) is 20.1. The monoisotopic (exact) mass is 546 g/mol. The number of hydrogen-bond donors (Lipinski definition) is 1. The molecule has 5 rings (SSSR count). The molecule has 1 fully saturated rings. The lowest BCUT2D eigenvalue weighted by Gasteiger charge is -2.09. The van der Waals surface area contributed by atoms with E-state index in [1.807, 2.05) is 27.7 Å². The highest BCUT2D eigenvalue weighted by molar-refractivity contribution is 5.75. The van der Waals surface area contributed by atoms with Crippen LogP contribution in [-0.2, 0) is 0 Å². The van der Waals surface area contributed by atoms with Crippen molar-refractivity contribution in [2.24, 2.45) is 17.8 Å². The van der Waals surface area contributed by atoms with Gasteiger partial charge < -0.3 is 5.11 Å². The van der Waals surface area contributed by atoms with Gasteiger partial charge in [0.1, 0.15) is 0 Å². The average Bonchev–Trinajstić information content (AvgIpc) is 3.74. The second-order valence-electron chi connectivity index (χ2n) is 9.82. The summed E-state index contributed by atoms with van der Waals surface area (Å²) in [5, 5.41) is 7.57. The Morgan fingerprint density at radius 1 is 0.756 bits per heavy atom. The van der Waals surface area contributed by atoms with Crippen LogP contribution < -0.4 is 0 Å². The highest BCUT2D eigenvalue weighted by atomic mass is 16.2. The van der Waals surface area contributed by atoms with Crippen LogP contribution in [-0.4, -0.2) is 11.7 Å². The second-order valence-corrected chi connectivity index (χ2v) is 9.82. The van der Waals surface area contributed by atoms with Gasteiger partial charge in [-0.2, -0.15) is 0 Å². The molecule has 1 nitrogen and oxygen atoms in total. The predicted molar refractivity (Wildman–Crippen MR) is 184 cm³/mol. The number of aliphatic hydroxyl groups excluding tert-OH is 1. The maximum atomic E-state index is 7.57. The zero-order valence-electron chi connectivity index (χ0n) is 26.2. The Labute approximate surface area is 250 Å². The Bertz CT molecular complexity index is 1310. The molecule has 0 amide bonds. The van der Waals surface area contributed by atoms with Crippen molar-refractivity contribution in [2.75, 3.05) is 6.61 Å². The van der Waals surface area contributed by atoms with Crippen molar-refractivity contribution in [1.82, 2.24) is 0 Å². The van der Waals surface area contributed by atoms with Crippen LogP contribution in [0.2, 0.25) is 0 Å². The van der Waals surface area contributed by atoms with Gasteiger partial charge in [0.2, 0.25) is 0 Å². The molecule has 0 aromatic heterocycles. The molecule has 3 unspecified atom stereocenters. The van der Waals surface area contributed by atoms with E-state index in [4.69, 9.17) is 5.11 Å². The van der Waals surface area contributed by atoms with Crippen molar-refractivity contribution in [3.8, 4) is 0 Å². The van der Waals surface area contributed by atoms with Crippen LogP contribution in [0.1, 0.15) is 75.8 Å². The van der Waals surface area contributed by atoms with E-state index in [0.29, 0.717) is 0 Å². The minimum atomic E-state index is 0.250. The fourth-order valence-corrected chi connectivity index (χ4v) is 4.77. The largest absolute Gasteiger partial charge is 0.397 e. The van der Waals surface area contributed by atoms with Crippen LogP contribution in [0.25, 0.3) is 24.3 Å². The molecule has 1 heteroatoms. The van der Waals surface area contributed by atoms with Crippen LogP contribution in [0.3, 0.4) is 0 Å². The minimum absolute atomic E-state index is 0.250. The summed E-state index contributed by atoms with van der Waals surface area (Å²) in [5.41, 5.74) is 8.79. The third-order valence-electron chi connectivity index (χ3n) is 7.11. The van der Waals surface area contributed by atoms with Gasteiger partial charge >= 0.3 is 0 Å². The fraction of sp³-hybridized carbons (Fsp3) is 0.300. The Morgan fingerprint density at radius 2 is 1.37 bits per heavy atom. The van der Waals surface area contributed by atoms with Gasteiger partial charge in [0.05, 0.1) is 0 Å². The van der Waals surface area contributed by atoms with Crippen molar-refractivity contribution in [2.45, 2.75) is 54.9 Å². The Morgan fingerprint density at radius 3 is 2.00 bits per heavy atom. The van der Waals surface area contributed by atoms with Gasteiger partial charge in [-0.3, -0.25) is 0 Å². The summed E-state index contributed by atoms with van der Waals surface area (Å²) in [7, 11) is 0. The standard InChI is InChI=1S/C34H32.C2H6O.2C2H6/c1-25-31(19-16-28-10-6-3-4-7-11-28)22-30(15-14-27-12-8-5-9-13-27)23-32(25)20-17-29-18-21-33-26(2)34(33)24-29;1-2-3;2*1-2/h3,5-24,26,33-34H,4H2,1-2H3;3H,2H2,1H3;2*1-2H3/b15-14+,19-16+,20-17+;;;. The molecule has 216 valence electrons. The molecule has 2 aromatic rings. The maximum Gasteiger partial charge on any atom is 0.0402 e. The molecule has 1 N–H and O–H groups in total. The van der Waals surface area contributed by atoms with E-state index in [0.717, 1.165) is 24.2 Å². The Kier molecular flexibility index (Phi) is 15.2. The zero-order chi connectivity index (χ0) is 30.0. The van der Waals surface area contributed by atoms with E-state index in [9.17, 15) is 0 Å². The quantitative estimate of drug-likeness (QED) is 0.357. The molecular weight excluding hydrogens is 496 g/mol. The molecule has 1 saturated carbocycles. The number of fused-ring (bicyclic) bond motifs is 1. The summed E-state index contributed by atoms with van der Waals surface area (Å²) in [4.78, 5) is 0. The first-order chi connectivity index (χ1) is 20.1. The first-order valence-electron chi connectivity index (χ1n) is 15.4. The summed E-state index contributed by atoms with van der Waals surface area (Å²) in [6, 6.07) is 15.1. The van der Waals surface area contributed by atoms with Crippen LogP contribution in [0, 0.1) is 24.7 Å². The summed E-state index contributed by atoms with van der Waals surface area (Å²) in [6.45, 7) is 14.5. The molecule has 0 bridgehead atoms. The van der Waals surface area contributed by atoms with E-state index in [1.54, 1.807) is 6.92 Å². The molecule has 2 aromatic carbocycles. The van der Waals surface area contributed by atoms with Crippen molar-refractivity contribution < 1.29 is 5.11 Å². The first kappa shape index (κ1) is 33.5. The Hall–Kier alpha value is -3.68. The average molecular weight is 547 g/mol. The summed E-state index contributed by atoms with van der Waals surface area (Å²) in [5.74, 6) is 2.30. The summed E-state index contributed by atoms with van der Waals surface area (Å²) >= 11 is 0. The van der Waals surface area contributed by atoms with E-state index < -0.39 is 0 Å². The number of hydrogen-bond acceptors (Lipinski definition) is 1. The van der Waals surface area contributed by atoms with Crippen LogP contribution in [0.5, 0.6) is 0 Å². The third-order valence-corrected chi connectivity index (χ3v) is 7.11. The van der Waals surface area contributed by atoms with Crippen molar-refractivity contribution >= 4 is 24.3 Å². The maximum absolute atomic E-state index is 7.57. The fourth-order valence-electron chi connectivity index (χ4n) is 4.77. The molecular formula is C40H50O. The summed E-state index contributed by atoms with van der Waals surface area (Å²) in [6.07, 6.45) is 32.4. The zero-order valence-corrected chi connectivity index (χ0v) is 26.2. The van der Waals surface area contributed by atoms with Gasteiger partial charge in [-0.1, -0.05) is 150 Å². The highest BCUT2D eigenvalue weighted by Gasteiger charge is 2.44. The molecule has 0 heterocycles. The smallest absolute Gasteiger partial charge is 0.0402 e. The van der Waals surface area contributed by atoms with E-state index in [-0.39, 0.29) is 6.61 Å². The highest BCUT2D eigenvalue weighted by Crippen LogP contribution is 2.50. The molecule has 0 saturated heterocycles. The van der Waals surface area contributed by atoms with Crippen molar-refractivity contribution in [1.29, 1.82) is 0 Å². The van der Waals surface area contributed by atoms with Crippen LogP contribution in [0.4, 0.5) is 0 Å². The molecule has 3 aliphatic rings. The molecule has 0 radical (unpaired) electrons. The molecule has 3 aliphatic carbocycles. The number of aliphatic hydroxyl groups is 1. The third kappa shape index (κ3) is 10.7. The van der Waals surface area contributed by atoms with Gasteiger partial charge in [0, 0.05) is 6.61 Å². The molecule has 0 aliphatic heterocycles. The molecule has 41 heavy (non-hydrogen) atoms. The van der Waals surface area contributed by atoms with Crippen LogP contribution >= 0.6 is 0 Å². The number of benzene rings is 2. The lowest BCUT2D eigenvalue weighted by molar-refractivity contribution is 0.318. The van der Waals surface area contributed by atoms with Gasteiger partial charge in [0.15, 0.2) is 0 Å². The number of rotatable bonds is 6. The topological polar surface area (TPSA) is 20.2 Å². The lowest BCUT2D eigenvalue weighted by atomic mass is 9.96. The molecule has 0 spiro atoms. The Balaban J connectivity index is 0.000000775. The first-order valence-corrected chi connectivity index (χ1v) is 15.4. The lowest BCUT2D eigenvalue weighted by Crippen LogP contribution is -1.90. The van der Waals surface area contributed by atoms with Crippen molar-refractivity contribution in [3.05, 3.63) is 142 Å². The van der Waals surface area contributed by atoms with Gasteiger partial charge in [0.25, 0.3) is 0 Å². The SMILES string of the molecule is CC.CC.CCO.Cc1c(/C=C/C2=CC=CCC=C2)cc(/C=C/c2ccccc2)cc1/C=C/C1=CC2C(C)C2C=C1. The predicted octanol–water partition coefficient (Wildman–Crippen LogP) is 11.1. The van der Waals surface area contributed by atoms with Gasteiger partial charge in [-0.15, -0.1) is 0 Å². The minimum Gasteiger partial charge on any atom is -0.397 e. The van der Waals surface area contributed by atoms with E-state index in [2.05, 4.69) is 141 Å². The summed E-state index contributed by atoms with van der Waals surface area (Å²) < 4.78 is 0. The van der Waals surface area contributed by atoms with Crippen molar-refractivity contribution in [3.63, 3.8) is 0 Å². The van der Waals surface area contributed by atoms with E-state index in [1.165, 1.54) is 39.0 Å².